The van der Waals surface area contributed by atoms with Crippen LogP contribution in [-0.4, -0.2) is 47.0 Å². The number of hydrogen-bond donors (Lipinski definition) is 0. The van der Waals surface area contributed by atoms with Gasteiger partial charge in [-0.3, -0.25) is 4.79 Å². The predicted molar refractivity (Wildman–Crippen MR) is 89.2 cm³/mol. The number of anilines is 1. The summed E-state index contributed by atoms with van der Waals surface area (Å²) in [6, 6.07) is 2.19. The van der Waals surface area contributed by atoms with Gasteiger partial charge in [0.2, 0.25) is 0 Å². The highest BCUT2D eigenvalue weighted by Crippen LogP contribution is 2.22. The number of amides is 1. The van der Waals surface area contributed by atoms with E-state index >= 15 is 0 Å². The number of unbranched alkanes of at least 4 members (excludes halogenated alkanes) is 1. The lowest BCUT2D eigenvalue weighted by molar-refractivity contribution is 0.0602. The van der Waals surface area contributed by atoms with Crippen molar-refractivity contribution < 1.29 is 4.79 Å². The summed E-state index contributed by atoms with van der Waals surface area (Å²) in [5, 5.41) is 0. The Bertz CT molecular complexity index is 491. The van der Waals surface area contributed by atoms with Crippen LogP contribution in [-0.2, 0) is 0 Å². The summed E-state index contributed by atoms with van der Waals surface area (Å²) in [5.74, 6) is 0.885. The summed E-state index contributed by atoms with van der Waals surface area (Å²) in [6.45, 7) is 6.12. The van der Waals surface area contributed by atoms with E-state index in [9.17, 15) is 4.79 Å². The Balaban J connectivity index is 2.12. The van der Waals surface area contributed by atoms with Gasteiger partial charge >= 0.3 is 0 Å². The van der Waals surface area contributed by atoms with Crippen LogP contribution >= 0.6 is 0 Å². The Labute approximate surface area is 133 Å². The molecule has 122 valence electrons. The fourth-order valence-electron chi connectivity index (χ4n) is 3.02. The second-order valence-electron chi connectivity index (χ2n) is 6.09. The van der Waals surface area contributed by atoms with Crippen molar-refractivity contribution in [2.45, 2.75) is 58.4 Å². The molecule has 1 unspecified atom stereocenters. The largest absolute Gasteiger partial charge is 0.360 e. The number of nitrogens with zero attached hydrogens (tertiary/aromatic N) is 4. The van der Waals surface area contributed by atoms with Gasteiger partial charge in [0.25, 0.3) is 5.91 Å². The second kappa shape index (κ2) is 8.11. The Hall–Kier alpha value is -1.65. The van der Waals surface area contributed by atoms with E-state index in [0.717, 1.165) is 51.0 Å². The summed E-state index contributed by atoms with van der Waals surface area (Å²) >= 11 is 0. The van der Waals surface area contributed by atoms with Gasteiger partial charge in [0.15, 0.2) is 0 Å². The number of aromatic nitrogens is 2. The molecule has 1 aromatic rings. The van der Waals surface area contributed by atoms with E-state index in [0.29, 0.717) is 11.7 Å². The molecule has 0 aliphatic carbocycles. The second-order valence-corrected chi connectivity index (χ2v) is 6.09. The Morgan fingerprint density at radius 2 is 2.18 bits per heavy atom. The zero-order valence-electron chi connectivity index (χ0n) is 14.1. The van der Waals surface area contributed by atoms with Crippen LogP contribution in [0.25, 0.3) is 0 Å². The van der Waals surface area contributed by atoms with Crippen LogP contribution < -0.4 is 4.90 Å². The summed E-state index contributed by atoms with van der Waals surface area (Å²) in [4.78, 5) is 25.4. The van der Waals surface area contributed by atoms with Crippen molar-refractivity contribution in [3.63, 3.8) is 0 Å². The normalized spacial score (nSPS) is 18.3. The average Bonchev–Trinajstić information content (AvgIpc) is 2.59. The van der Waals surface area contributed by atoms with Crippen LogP contribution in [0.15, 0.2) is 12.4 Å². The monoisotopic (exact) mass is 304 g/mol. The molecule has 0 bridgehead atoms. The third kappa shape index (κ3) is 3.96. The minimum atomic E-state index is 0.0547. The van der Waals surface area contributed by atoms with E-state index in [-0.39, 0.29) is 5.91 Å². The van der Waals surface area contributed by atoms with E-state index in [1.165, 1.54) is 12.7 Å². The summed E-state index contributed by atoms with van der Waals surface area (Å²) < 4.78 is 0. The number of carbonyl (C=O) groups excluding carboxylic acids is 1. The third-order valence-electron chi connectivity index (χ3n) is 4.47. The van der Waals surface area contributed by atoms with Gasteiger partial charge in [-0.25, -0.2) is 9.97 Å². The van der Waals surface area contributed by atoms with Crippen molar-refractivity contribution in [2.75, 3.05) is 25.0 Å². The van der Waals surface area contributed by atoms with Crippen molar-refractivity contribution in [3.05, 3.63) is 18.1 Å². The first-order chi connectivity index (χ1) is 10.7. The quantitative estimate of drug-likeness (QED) is 0.810. The van der Waals surface area contributed by atoms with Crippen molar-refractivity contribution in [2.24, 2.45) is 0 Å². The SMILES string of the molecule is CCCCN(C)c1cc(C(=O)N2CCCCC2CC)ncn1. The molecule has 1 fully saturated rings. The van der Waals surface area contributed by atoms with Crippen molar-refractivity contribution >= 4 is 11.7 Å². The maximum atomic E-state index is 12.8. The van der Waals surface area contributed by atoms with Gasteiger partial charge in [-0.05, 0) is 32.1 Å². The first-order valence-corrected chi connectivity index (χ1v) is 8.51. The van der Waals surface area contributed by atoms with Crippen LogP contribution in [0.5, 0.6) is 0 Å². The van der Waals surface area contributed by atoms with Crippen LogP contribution in [0.4, 0.5) is 5.82 Å². The van der Waals surface area contributed by atoms with Gasteiger partial charge < -0.3 is 9.80 Å². The molecule has 5 heteroatoms. The van der Waals surface area contributed by atoms with Crippen LogP contribution in [0.3, 0.4) is 0 Å². The Morgan fingerprint density at radius 3 is 2.91 bits per heavy atom. The molecule has 0 N–H and O–H groups in total. The predicted octanol–water partition coefficient (Wildman–Crippen LogP) is 3.12. The summed E-state index contributed by atoms with van der Waals surface area (Å²) in [6.07, 6.45) is 8.21. The molecule has 2 heterocycles. The molecule has 2 rings (SSSR count). The van der Waals surface area contributed by atoms with Crippen LogP contribution in [0.2, 0.25) is 0 Å². The van der Waals surface area contributed by atoms with Crippen molar-refractivity contribution in [1.29, 1.82) is 0 Å². The lowest BCUT2D eigenvalue weighted by Crippen LogP contribution is -2.43. The third-order valence-corrected chi connectivity index (χ3v) is 4.47. The van der Waals surface area contributed by atoms with Crippen molar-refractivity contribution in [3.8, 4) is 0 Å². The fourth-order valence-corrected chi connectivity index (χ4v) is 3.02. The highest BCUT2D eigenvalue weighted by Gasteiger charge is 2.27. The fraction of sp³-hybridized carbons (Fsp3) is 0.706. The number of piperidine rings is 1. The maximum Gasteiger partial charge on any atom is 0.272 e. The minimum absolute atomic E-state index is 0.0547. The Kier molecular flexibility index (Phi) is 6.16. The molecule has 1 atom stereocenters. The molecule has 1 aromatic heterocycles. The van der Waals surface area contributed by atoms with Crippen molar-refractivity contribution in [1.82, 2.24) is 14.9 Å². The first-order valence-electron chi connectivity index (χ1n) is 8.51. The highest BCUT2D eigenvalue weighted by atomic mass is 16.2. The first kappa shape index (κ1) is 16.7. The molecular weight excluding hydrogens is 276 g/mol. The van der Waals surface area contributed by atoms with E-state index in [1.807, 2.05) is 18.0 Å². The molecule has 22 heavy (non-hydrogen) atoms. The molecule has 5 nitrogen and oxygen atoms in total. The summed E-state index contributed by atoms with van der Waals surface area (Å²) in [5.41, 5.74) is 0.522. The standard InChI is InChI=1S/C17H28N4O/c1-4-6-10-20(3)16-12-15(18-13-19-16)17(22)21-11-8-7-9-14(21)5-2/h12-14H,4-11H2,1-3H3. The highest BCUT2D eigenvalue weighted by molar-refractivity contribution is 5.93. The van der Waals surface area contributed by atoms with Gasteiger partial charge in [0.1, 0.15) is 17.8 Å². The smallest absolute Gasteiger partial charge is 0.272 e. The lowest BCUT2D eigenvalue weighted by atomic mass is 9.99. The minimum Gasteiger partial charge on any atom is -0.360 e. The van der Waals surface area contributed by atoms with Gasteiger partial charge in [-0.15, -0.1) is 0 Å². The maximum absolute atomic E-state index is 12.8. The van der Waals surface area contributed by atoms with E-state index < -0.39 is 0 Å². The van der Waals surface area contributed by atoms with Gasteiger partial charge in [-0.1, -0.05) is 20.3 Å². The molecule has 1 saturated heterocycles. The molecule has 0 spiro atoms. The van der Waals surface area contributed by atoms with Gasteiger partial charge in [0, 0.05) is 32.2 Å². The van der Waals surface area contributed by atoms with E-state index in [4.69, 9.17) is 0 Å². The molecule has 0 radical (unpaired) electrons. The molecule has 0 aromatic carbocycles. The molecule has 1 aliphatic heterocycles. The molecule has 1 amide bonds. The van der Waals surface area contributed by atoms with E-state index in [2.05, 4.69) is 28.7 Å². The van der Waals surface area contributed by atoms with Crippen LogP contribution in [0, 0.1) is 0 Å². The van der Waals surface area contributed by atoms with Crippen LogP contribution in [0.1, 0.15) is 62.9 Å². The zero-order chi connectivity index (χ0) is 15.9. The molecule has 1 aliphatic rings. The molecular formula is C17H28N4O. The van der Waals surface area contributed by atoms with Gasteiger partial charge in [-0.2, -0.15) is 0 Å². The number of hydrogen-bond acceptors (Lipinski definition) is 4. The molecule has 0 saturated carbocycles. The Morgan fingerprint density at radius 1 is 1.36 bits per heavy atom. The number of carbonyl (C=O) groups is 1. The summed E-state index contributed by atoms with van der Waals surface area (Å²) in [7, 11) is 2.02. The van der Waals surface area contributed by atoms with E-state index in [1.54, 1.807) is 0 Å². The number of likely N-dealkylation sites (tertiary alicyclic amines) is 1. The lowest BCUT2D eigenvalue weighted by Gasteiger charge is -2.35. The topological polar surface area (TPSA) is 49.3 Å². The average molecular weight is 304 g/mol. The number of rotatable bonds is 6. The zero-order valence-corrected chi connectivity index (χ0v) is 14.1. The van der Waals surface area contributed by atoms with Gasteiger partial charge in [0.05, 0.1) is 0 Å².